The zero-order chi connectivity index (χ0) is 14.7. The Morgan fingerprint density at radius 1 is 1.05 bits per heavy atom. The highest BCUT2D eigenvalue weighted by atomic mass is 15.0. The number of benzene rings is 2. The van der Waals surface area contributed by atoms with E-state index in [9.17, 15) is 0 Å². The van der Waals surface area contributed by atoms with Gasteiger partial charge in [-0.1, -0.05) is 30.3 Å². The van der Waals surface area contributed by atoms with Crippen molar-refractivity contribution in [3.63, 3.8) is 0 Å². The van der Waals surface area contributed by atoms with Crippen LogP contribution in [0.4, 0.5) is 5.69 Å². The van der Waals surface area contributed by atoms with Crippen LogP contribution in [0.25, 0.3) is 5.69 Å². The van der Waals surface area contributed by atoms with Gasteiger partial charge in [0.25, 0.3) is 0 Å². The first-order valence-corrected chi connectivity index (χ1v) is 7.14. The zero-order valence-corrected chi connectivity index (χ0v) is 12.3. The van der Waals surface area contributed by atoms with E-state index < -0.39 is 0 Å². The quantitative estimate of drug-likeness (QED) is 0.768. The molecule has 21 heavy (non-hydrogen) atoms. The van der Waals surface area contributed by atoms with Gasteiger partial charge in [0, 0.05) is 29.8 Å². The lowest BCUT2D eigenvalue weighted by atomic mass is 10.1. The second-order valence-electron chi connectivity index (χ2n) is 5.24. The lowest BCUT2D eigenvalue weighted by Gasteiger charge is -2.17. The van der Waals surface area contributed by atoms with E-state index in [0.29, 0.717) is 0 Å². The molecule has 2 aromatic carbocycles. The van der Waals surface area contributed by atoms with Crippen molar-refractivity contribution in [2.24, 2.45) is 0 Å². The molecule has 0 saturated heterocycles. The highest BCUT2D eigenvalue weighted by Gasteiger charge is 2.07. The molecule has 3 rings (SSSR count). The third-order valence-electron chi connectivity index (χ3n) is 3.71. The van der Waals surface area contributed by atoms with Gasteiger partial charge in [0.15, 0.2) is 0 Å². The van der Waals surface area contributed by atoms with Crippen molar-refractivity contribution in [2.75, 3.05) is 5.32 Å². The Kier molecular flexibility index (Phi) is 3.73. The van der Waals surface area contributed by atoms with Gasteiger partial charge >= 0.3 is 0 Å². The fourth-order valence-corrected chi connectivity index (χ4v) is 2.40. The molecule has 1 unspecified atom stereocenters. The molecule has 0 aliphatic rings. The highest BCUT2D eigenvalue weighted by molar-refractivity contribution is 5.52. The molecular formula is C18H19N3. The Balaban J connectivity index is 1.76. The smallest absolute Gasteiger partial charge is 0.0991 e. The van der Waals surface area contributed by atoms with E-state index in [1.54, 1.807) is 6.20 Å². The summed E-state index contributed by atoms with van der Waals surface area (Å²) < 4.78 is 2.00. The summed E-state index contributed by atoms with van der Waals surface area (Å²) in [4.78, 5) is 4.07. The number of nitrogens with zero attached hydrogens (tertiary/aromatic N) is 2. The Labute approximate surface area is 125 Å². The SMILES string of the molecule is Cc1ccccc1NC(C)c1ccc(-n2ccnc2)cc1. The van der Waals surface area contributed by atoms with Gasteiger partial charge in [0.05, 0.1) is 6.33 Å². The van der Waals surface area contributed by atoms with Crippen molar-refractivity contribution in [1.82, 2.24) is 9.55 Å². The summed E-state index contributed by atoms with van der Waals surface area (Å²) in [7, 11) is 0. The Morgan fingerprint density at radius 2 is 1.81 bits per heavy atom. The van der Waals surface area contributed by atoms with Crippen LogP contribution in [-0.2, 0) is 0 Å². The number of aromatic nitrogens is 2. The predicted molar refractivity (Wildman–Crippen MR) is 86.8 cm³/mol. The fraction of sp³-hybridized carbons (Fsp3) is 0.167. The first-order valence-electron chi connectivity index (χ1n) is 7.14. The molecule has 1 aromatic heterocycles. The van der Waals surface area contributed by atoms with E-state index in [0.717, 1.165) is 5.69 Å². The summed E-state index contributed by atoms with van der Waals surface area (Å²) in [5.41, 5.74) is 4.84. The normalized spacial score (nSPS) is 12.1. The maximum Gasteiger partial charge on any atom is 0.0991 e. The summed E-state index contributed by atoms with van der Waals surface area (Å²) in [6.45, 7) is 4.30. The van der Waals surface area contributed by atoms with Crippen molar-refractivity contribution in [3.8, 4) is 5.69 Å². The minimum atomic E-state index is 0.267. The average molecular weight is 277 g/mol. The van der Waals surface area contributed by atoms with Gasteiger partial charge in [-0.3, -0.25) is 0 Å². The molecule has 0 aliphatic heterocycles. The van der Waals surface area contributed by atoms with E-state index in [2.05, 4.69) is 72.7 Å². The average Bonchev–Trinajstić information content (AvgIpc) is 3.04. The number of anilines is 1. The first kappa shape index (κ1) is 13.4. The molecule has 1 heterocycles. The van der Waals surface area contributed by atoms with Crippen LogP contribution in [0.15, 0.2) is 67.3 Å². The summed E-state index contributed by atoms with van der Waals surface area (Å²) >= 11 is 0. The minimum absolute atomic E-state index is 0.267. The molecule has 3 heteroatoms. The third kappa shape index (κ3) is 2.97. The van der Waals surface area contributed by atoms with Crippen LogP contribution >= 0.6 is 0 Å². The number of hydrogen-bond donors (Lipinski definition) is 1. The molecule has 0 saturated carbocycles. The van der Waals surface area contributed by atoms with Crippen LogP contribution in [0.5, 0.6) is 0 Å². The number of nitrogens with one attached hydrogen (secondary N) is 1. The molecule has 0 aliphatic carbocycles. The molecule has 0 bridgehead atoms. The molecule has 0 spiro atoms. The number of aryl methyl sites for hydroxylation is 1. The number of para-hydroxylation sites is 1. The Hall–Kier alpha value is -2.55. The van der Waals surface area contributed by atoms with Crippen molar-refractivity contribution < 1.29 is 0 Å². The van der Waals surface area contributed by atoms with Crippen LogP contribution in [0.1, 0.15) is 24.1 Å². The van der Waals surface area contributed by atoms with E-state index >= 15 is 0 Å². The largest absolute Gasteiger partial charge is 0.378 e. The highest BCUT2D eigenvalue weighted by Crippen LogP contribution is 2.22. The molecule has 0 amide bonds. The maximum atomic E-state index is 4.07. The van der Waals surface area contributed by atoms with Gasteiger partial charge in [-0.15, -0.1) is 0 Å². The van der Waals surface area contributed by atoms with Gasteiger partial charge in [0.1, 0.15) is 0 Å². The molecule has 106 valence electrons. The number of rotatable bonds is 4. The summed E-state index contributed by atoms with van der Waals surface area (Å²) in [6, 6.07) is 17.2. The van der Waals surface area contributed by atoms with Gasteiger partial charge in [-0.2, -0.15) is 0 Å². The van der Waals surface area contributed by atoms with Crippen LogP contribution < -0.4 is 5.32 Å². The van der Waals surface area contributed by atoms with Crippen LogP contribution in [-0.4, -0.2) is 9.55 Å². The third-order valence-corrected chi connectivity index (χ3v) is 3.71. The summed E-state index contributed by atoms with van der Waals surface area (Å²) in [5, 5.41) is 3.56. The summed E-state index contributed by atoms with van der Waals surface area (Å²) in [6.07, 6.45) is 5.55. The standard InChI is InChI=1S/C18H19N3/c1-14-5-3-4-6-18(14)20-15(2)16-7-9-17(10-8-16)21-12-11-19-13-21/h3-13,15,20H,1-2H3. The van der Waals surface area contributed by atoms with Crippen molar-refractivity contribution in [3.05, 3.63) is 78.4 Å². The van der Waals surface area contributed by atoms with E-state index in [-0.39, 0.29) is 6.04 Å². The second-order valence-corrected chi connectivity index (χ2v) is 5.24. The topological polar surface area (TPSA) is 29.9 Å². The van der Waals surface area contributed by atoms with Crippen LogP contribution in [0, 0.1) is 6.92 Å². The first-order chi connectivity index (χ1) is 10.2. The van der Waals surface area contributed by atoms with Crippen LogP contribution in [0.2, 0.25) is 0 Å². The molecule has 3 aromatic rings. The minimum Gasteiger partial charge on any atom is -0.378 e. The number of imidazole rings is 1. The van der Waals surface area contributed by atoms with Gasteiger partial charge < -0.3 is 9.88 Å². The predicted octanol–water partition coefficient (Wildman–Crippen LogP) is 4.35. The maximum absolute atomic E-state index is 4.07. The summed E-state index contributed by atoms with van der Waals surface area (Å²) in [5.74, 6) is 0. The van der Waals surface area contributed by atoms with Crippen molar-refractivity contribution >= 4 is 5.69 Å². The van der Waals surface area contributed by atoms with Crippen LogP contribution in [0.3, 0.4) is 0 Å². The lowest BCUT2D eigenvalue weighted by Crippen LogP contribution is -2.07. The number of hydrogen-bond acceptors (Lipinski definition) is 2. The zero-order valence-electron chi connectivity index (χ0n) is 12.3. The molecule has 0 radical (unpaired) electrons. The van der Waals surface area contributed by atoms with Gasteiger partial charge in [-0.25, -0.2) is 4.98 Å². The molecule has 3 nitrogen and oxygen atoms in total. The van der Waals surface area contributed by atoms with E-state index in [1.165, 1.54) is 16.8 Å². The Morgan fingerprint density at radius 3 is 2.48 bits per heavy atom. The monoisotopic (exact) mass is 277 g/mol. The molecule has 1 N–H and O–H groups in total. The van der Waals surface area contributed by atoms with Crippen molar-refractivity contribution in [1.29, 1.82) is 0 Å². The van der Waals surface area contributed by atoms with E-state index in [4.69, 9.17) is 0 Å². The lowest BCUT2D eigenvalue weighted by molar-refractivity contribution is 0.880. The fourth-order valence-electron chi connectivity index (χ4n) is 2.40. The van der Waals surface area contributed by atoms with Gasteiger partial charge in [-0.05, 0) is 43.2 Å². The van der Waals surface area contributed by atoms with Gasteiger partial charge in [0.2, 0.25) is 0 Å². The molecule has 1 atom stereocenters. The molecular weight excluding hydrogens is 258 g/mol. The van der Waals surface area contributed by atoms with E-state index in [1.807, 2.05) is 17.1 Å². The molecule has 0 fully saturated rings. The Bertz CT molecular complexity index is 700. The second kappa shape index (κ2) is 5.83. The van der Waals surface area contributed by atoms with Crippen molar-refractivity contribution in [2.45, 2.75) is 19.9 Å².